The van der Waals surface area contributed by atoms with Gasteiger partial charge in [0.05, 0.1) is 25.4 Å². The summed E-state index contributed by atoms with van der Waals surface area (Å²) < 4.78 is 11.0. The van der Waals surface area contributed by atoms with Crippen LogP contribution in [0.5, 0.6) is 5.75 Å². The van der Waals surface area contributed by atoms with Crippen molar-refractivity contribution in [3.63, 3.8) is 0 Å². The maximum Gasteiger partial charge on any atom is 0.198 e. The van der Waals surface area contributed by atoms with Gasteiger partial charge >= 0.3 is 0 Å². The second kappa shape index (κ2) is 4.31. The Morgan fingerprint density at radius 3 is 3.00 bits per heavy atom. The van der Waals surface area contributed by atoms with Gasteiger partial charge in [-0.1, -0.05) is 11.6 Å². The predicted octanol–water partition coefficient (Wildman–Crippen LogP) is 1.87. The summed E-state index contributed by atoms with van der Waals surface area (Å²) in [5.41, 5.74) is 0. The van der Waals surface area contributed by atoms with Crippen LogP contribution < -0.4 is 10.1 Å². The quantitative estimate of drug-likeness (QED) is 0.836. The molecule has 2 bridgehead atoms. The Labute approximate surface area is 104 Å². The normalized spacial score (nSPS) is 30.6. The molecular formula is C11H14ClN3O2. The summed E-state index contributed by atoms with van der Waals surface area (Å²) in [4.78, 5) is 8.06. The monoisotopic (exact) mass is 255 g/mol. The Morgan fingerprint density at radius 2 is 2.35 bits per heavy atom. The Bertz CT molecular complexity index is 429. The van der Waals surface area contributed by atoms with Gasteiger partial charge in [-0.2, -0.15) is 0 Å². The van der Waals surface area contributed by atoms with E-state index >= 15 is 0 Å². The van der Waals surface area contributed by atoms with Gasteiger partial charge in [-0.25, -0.2) is 9.97 Å². The van der Waals surface area contributed by atoms with Crippen molar-refractivity contribution in [3.8, 4) is 5.75 Å². The fourth-order valence-electron chi connectivity index (χ4n) is 2.60. The molecule has 3 atom stereocenters. The molecule has 0 spiro atoms. The van der Waals surface area contributed by atoms with E-state index in [-0.39, 0.29) is 0 Å². The van der Waals surface area contributed by atoms with Crippen LogP contribution in [0.4, 0.5) is 5.82 Å². The lowest BCUT2D eigenvalue weighted by molar-refractivity contribution is 0.102. The predicted molar refractivity (Wildman–Crippen MR) is 63.5 cm³/mol. The van der Waals surface area contributed by atoms with Crippen molar-refractivity contribution in [1.82, 2.24) is 9.97 Å². The summed E-state index contributed by atoms with van der Waals surface area (Å²) in [6.45, 7) is 0. The Morgan fingerprint density at radius 1 is 1.47 bits per heavy atom. The van der Waals surface area contributed by atoms with Crippen LogP contribution in [0.1, 0.15) is 19.3 Å². The number of rotatable bonds is 3. The molecule has 5 nitrogen and oxygen atoms in total. The van der Waals surface area contributed by atoms with Crippen LogP contribution in [-0.2, 0) is 4.74 Å². The minimum atomic E-state index is 0.290. The van der Waals surface area contributed by atoms with Crippen LogP contribution in [0.25, 0.3) is 0 Å². The number of hydrogen-bond donors (Lipinski definition) is 1. The number of aromatic nitrogens is 2. The molecular weight excluding hydrogens is 242 g/mol. The van der Waals surface area contributed by atoms with Crippen LogP contribution >= 0.6 is 11.6 Å². The lowest BCUT2D eigenvalue weighted by atomic mass is 9.95. The first-order valence-corrected chi connectivity index (χ1v) is 6.12. The lowest BCUT2D eigenvalue weighted by Crippen LogP contribution is -2.31. The zero-order valence-corrected chi connectivity index (χ0v) is 10.3. The average Bonchev–Trinajstić information content (AvgIpc) is 2.91. The zero-order chi connectivity index (χ0) is 11.8. The molecule has 2 aliphatic rings. The number of methoxy groups -OCH3 is 1. The molecule has 2 fully saturated rings. The third kappa shape index (κ3) is 1.93. The minimum absolute atomic E-state index is 0.290. The van der Waals surface area contributed by atoms with E-state index < -0.39 is 0 Å². The second-order valence-corrected chi connectivity index (χ2v) is 4.76. The first kappa shape index (κ1) is 11.0. The minimum Gasteiger partial charge on any atom is -0.490 e. The van der Waals surface area contributed by atoms with Crippen molar-refractivity contribution >= 4 is 17.4 Å². The highest BCUT2D eigenvalue weighted by Crippen LogP contribution is 2.37. The van der Waals surface area contributed by atoms with Crippen molar-refractivity contribution in [2.45, 2.75) is 37.5 Å². The zero-order valence-electron chi connectivity index (χ0n) is 9.52. The summed E-state index contributed by atoms with van der Waals surface area (Å²) in [5, 5.41) is 3.67. The van der Waals surface area contributed by atoms with Crippen LogP contribution in [0.3, 0.4) is 0 Å². The lowest BCUT2D eigenvalue weighted by Gasteiger charge is -2.21. The van der Waals surface area contributed by atoms with E-state index in [2.05, 4.69) is 15.3 Å². The van der Waals surface area contributed by atoms with Gasteiger partial charge in [0, 0.05) is 0 Å². The maximum absolute atomic E-state index is 5.95. The van der Waals surface area contributed by atoms with Gasteiger partial charge in [-0.05, 0) is 19.3 Å². The number of nitrogens with zero attached hydrogens (tertiary/aromatic N) is 2. The van der Waals surface area contributed by atoms with Crippen LogP contribution in [-0.4, -0.2) is 35.3 Å². The van der Waals surface area contributed by atoms with E-state index in [4.69, 9.17) is 21.1 Å². The topological polar surface area (TPSA) is 56.3 Å². The third-order valence-corrected chi connectivity index (χ3v) is 3.66. The molecule has 3 unspecified atom stereocenters. The number of ether oxygens (including phenoxy) is 2. The van der Waals surface area contributed by atoms with E-state index in [9.17, 15) is 0 Å². The molecule has 3 heterocycles. The molecule has 1 aromatic heterocycles. The average molecular weight is 256 g/mol. The molecule has 0 aliphatic carbocycles. The highest BCUT2D eigenvalue weighted by Gasteiger charge is 2.41. The molecule has 2 aliphatic heterocycles. The molecule has 92 valence electrons. The van der Waals surface area contributed by atoms with Crippen molar-refractivity contribution in [2.24, 2.45) is 0 Å². The number of anilines is 1. The van der Waals surface area contributed by atoms with Crippen molar-refractivity contribution < 1.29 is 9.47 Å². The van der Waals surface area contributed by atoms with E-state index in [1.807, 2.05) is 0 Å². The SMILES string of the molecule is COc1c(Cl)ncnc1NC1CC2CCC1O2. The first-order chi connectivity index (χ1) is 8.28. The number of hydrogen-bond acceptors (Lipinski definition) is 5. The standard InChI is InChI=1S/C11H14ClN3O2/c1-16-9-10(12)13-5-14-11(9)15-7-4-6-2-3-8(7)17-6/h5-8H,2-4H2,1H3,(H,13,14,15). The molecule has 0 amide bonds. The molecule has 17 heavy (non-hydrogen) atoms. The smallest absolute Gasteiger partial charge is 0.198 e. The molecule has 0 radical (unpaired) electrons. The largest absolute Gasteiger partial charge is 0.490 e. The van der Waals surface area contributed by atoms with E-state index in [0.717, 1.165) is 12.8 Å². The molecule has 0 aromatic carbocycles. The summed E-state index contributed by atoms with van der Waals surface area (Å²) in [6.07, 6.45) is 5.43. The van der Waals surface area contributed by atoms with Gasteiger partial charge < -0.3 is 14.8 Å². The van der Waals surface area contributed by atoms with Gasteiger partial charge in [0.2, 0.25) is 0 Å². The van der Waals surface area contributed by atoms with Crippen molar-refractivity contribution in [2.75, 3.05) is 12.4 Å². The Hall–Kier alpha value is -1.07. The molecule has 2 saturated heterocycles. The summed E-state index contributed by atoms with van der Waals surface area (Å²) >= 11 is 5.95. The fourth-order valence-corrected chi connectivity index (χ4v) is 2.81. The number of halogens is 1. The van der Waals surface area contributed by atoms with Crippen LogP contribution in [0, 0.1) is 0 Å². The first-order valence-electron chi connectivity index (χ1n) is 5.74. The van der Waals surface area contributed by atoms with Gasteiger partial charge in [0.1, 0.15) is 6.33 Å². The highest BCUT2D eigenvalue weighted by molar-refractivity contribution is 6.31. The number of nitrogens with one attached hydrogen (secondary N) is 1. The van der Waals surface area contributed by atoms with Crippen LogP contribution in [0.15, 0.2) is 6.33 Å². The second-order valence-electron chi connectivity index (χ2n) is 4.41. The van der Waals surface area contributed by atoms with Gasteiger partial charge in [-0.3, -0.25) is 0 Å². The Kier molecular flexibility index (Phi) is 2.80. The Balaban J connectivity index is 1.79. The van der Waals surface area contributed by atoms with E-state index in [1.54, 1.807) is 7.11 Å². The molecule has 3 rings (SSSR count). The number of fused-ring (bicyclic) bond motifs is 2. The van der Waals surface area contributed by atoms with E-state index in [0.29, 0.717) is 35.0 Å². The van der Waals surface area contributed by atoms with Gasteiger partial charge in [0.15, 0.2) is 16.7 Å². The molecule has 1 aromatic rings. The van der Waals surface area contributed by atoms with Crippen molar-refractivity contribution in [1.29, 1.82) is 0 Å². The van der Waals surface area contributed by atoms with E-state index in [1.165, 1.54) is 12.7 Å². The molecule has 0 saturated carbocycles. The van der Waals surface area contributed by atoms with Crippen LogP contribution in [0.2, 0.25) is 5.15 Å². The fraction of sp³-hybridized carbons (Fsp3) is 0.636. The highest BCUT2D eigenvalue weighted by atomic mass is 35.5. The third-order valence-electron chi connectivity index (χ3n) is 3.39. The molecule has 1 N–H and O–H groups in total. The summed E-state index contributed by atoms with van der Waals surface area (Å²) in [6, 6.07) is 0.300. The van der Waals surface area contributed by atoms with Gasteiger partial charge in [0.25, 0.3) is 0 Å². The summed E-state index contributed by atoms with van der Waals surface area (Å²) in [7, 11) is 1.56. The molecule has 6 heteroatoms. The maximum atomic E-state index is 5.95. The summed E-state index contributed by atoms with van der Waals surface area (Å²) in [5.74, 6) is 1.14. The van der Waals surface area contributed by atoms with Gasteiger partial charge in [-0.15, -0.1) is 0 Å². The van der Waals surface area contributed by atoms with Crippen molar-refractivity contribution in [3.05, 3.63) is 11.5 Å².